The molecule has 0 aliphatic heterocycles. The lowest BCUT2D eigenvalue weighted by atomic mass is 10.2. The number of nitrogens with zero attached hydrogens (tertiary/aromatic N) is 1. The quantitative estimate of drug-likeness (QED) is 0.833. The number of amides is 2. The zero-order valence-electron chi connectivity index (χ0n) is 13.0. The highest BCUT2D eigenvalue weighted by molar-refractivity contribution is 6.30. The van der Waals surface area contributed by atoms with E-state index in [0.717, 1.165) is 0 Å². The molecule has 0 heterocycles. The number of urea groups is 1. The van der Waals surface area contributed by atoms with Crippen LogP contribution in [0.1, 0.15) is 6.92 Å². The molecule has 0 saturated carbocycles. The summed E-state index contributed by atoms with van der Waals surface area (Å²) in [7, 11) is 0. The number of ether oxygens (including phenoxy) is 1. The fourth-order valence-corrected chi connectivity index (χ4v) is 2.15. The van der Waals surface area contributed by atoms with Crippen LogP contribution in [0, 0.1) is 5.92 Å². The van der Waals surface area contributed by atoms with E-state index in [9.17, 15) is 9.59 Å². The van der Waals surface area contributed by atoms with Crippen LogP contribution in [0.3, 0.4) is 0 Å². The molecule has 0 fully saturated rings. The average Bonchev–Trinajstić information content (AvgIpc) is 2.55. The third kappa shape index (κ3) is 4.17. The van der Waals surface area contributed by atoms with Crippen molar-refractivity contribution in [3.63, 3.8) is 0 Å². The van der Waals surface area contributed by atoms with Gasteiger partial charge in [-0.05, 0) is 43.3 Å². The van der Waals surface area contributed by atoms with Crippen LogP contribution in [0.2, 0.25) is 5.02 Å². The van der Waals surface area contributed by atoms with Crippen molar-refractivity contribution < 1.29 is 19.4 Å². The zero-order valence-corrected chi connectivity index (χ0v) is 13.7. The van der Waals surface area contributed by atoms with Crippen LogP contribution in [-0.4, -0.2) is 23.7 Å². The molecular formula is C17H17ClN2O4. The molecule has 0 saturated heterocycles. The lowest BCUT2D eigenvalue weighted by molar-refractivity contribution is -0.142. The molecule has 0 aromatic heterocycles. The third-order valence-electron chi connectivity index (χ3n) is 3.32. The first-order valence-electron chi connectivity index (χ1n) is 7.20. The van der Waals surface area contributed by atoms with Gasteiger partial charge in [-0.2, -0.15) is 0 Å². The van der Waals surface area contributed by atoms with Crippen molar-refractivity contribution in [3.8, 4) is 5.75 Å². The van der Waals surface area contributed by atoms with Crippen molar-refractivity contribution >= 4 is 35.0 Å². The smallest absolute Gasteiger partial charge is 0.324 e. The summed E-state index contributed by atoms with van der Waals surface area (Å²) in [5, 5.41) is 9.48. The maximum Gasteiger partial charge on any atom is 0.324 e. The van der Waals surface area contributed by atoms with E-state index in [2.05, 4.69) is 0 Å². The number of primary amides is 1. The number of hydrogen-bond acceptors (Lipinski definition) is 3. The zero-order chi connectivity index (χ0) is 17.7. The van der Waals surface area contributed by atoms with E-state index < -0.39 is 17.9 Å². The van der Waals surface area contributed by atoms with Crippen LogP contribution in [0.5, 0.6) is 5.75 Å². The van der Waals surface area contributed by atoms with Gasteiger partial charge in [0.1, 0.15) is 12.4 Å². The summed E-state index contributed by atoms with van der Waals surface area (Å²) in [5.41, 5.74) is 6.46. The molecule has 0 radical (unpaired) electrons. The van der Waals surface area contributed by atoms with Crippen LogP contribution in [0.4, 0.5) is 16.2 Å². The molecule has 7 heteroatoms. The summed E-state index contributed by atoms with van der Waals surface area (Å²) in [5.74, 6) is -1.29. The normalized spacial score (nSPS) is 11.6. The first-order valence-corrected chi connectivity index (χ1v) is 7.57. The second kappa shape index (κ2) is 7.70. The van der Waals surface area contributed by atoms with E-state index in [1.54, 1.807) is 48.5 Å². The lowest BCUT2D eigenvalue weighted by Crippen LogP contribution is -2.32. The van der Waals surface area contributed by atoms with Crippen molar-refractivity contribution in [2.24, 2.45) is 11.7 Å². The Morgan fingerprint density at radius 1 is 1.21 bits per heavy atom. The minimum atomic E-state index is -0.961. The third-order valence-corrected chi connectivity index (χ3v) is 3.57. The molecule has 6 nitrogen and oxygen atoms in total. The molecule has 0 aliphatic rings. The molecule has 2 aromatic carbocycles. The molecule has 0 spiro atoms. The van der Waals surface area contributed by atoms with Crippen molar-refractivity contribution in [1.29, 1.82) is 0 Å². The van der Waals surface area contributed by atoms with Gasteiger partial charge in [0, 0.05) is 5.02 Å². The first kappa shape index (κ1) is 17.6. The number of para-hydroxylation sites is 2. The fourth-order valence-electron chi connectivity index (χ4n) is 2.03. The maximum atomic E-state index is 11.9. The van der Waals surface area contributed by atoms with Crippen molar-refractivity contribution in [2.45, 2.75) is 6.92 Å². The number of rotatable bonds is 6. The van der Waals surface area contributed by atoms with Gasteiger partial charge < -0.3 is 15.6 Å². The van der Waals surface area contributed by atoms with E-state index >= 15 is 0 Å². The van der Waals surface area contributed by atoms with Gasteiger partial charge in [-0.15, -0.1) is 0 Å². The van der Waals surface area contributed by atoms with Gasteiger partial charge in [0.2, 0.25) is 0 Å². The number of carboxylic acids is 1. The Kier molecular flexibility index (Phi) is 5.65. The number of benzene rings is 2. The second-order valence-corrected chi connectivity index (χ2v) is 5.60. The predicted octanol–water partition coefficient (Wildman–Crippen LogP) is 3.66. The molecule has 1 atom stereocenters. The van der Waals surface area contributed by atoms with Gasteiger partial charge >= 0.3 is 12.0 Å². The number of carbonyl (C=O) groups is 2. The number of carbonyl (C=O) groups excluding carboxylic acids is 1. The van der Waals surface area contributed by atoms with E-state index in [1.165, 1.54) is 11.8 Å². The monoisotopic (exact) mass is 348 g/mol. The molecule has 2 rings (SSSR count). The Morgan fingerprint density at radius 3 is 2.42 bits per heavy atom. The predicted molar refractivity (Wildman–Crippen MR) is 91.9 cm³/mol. The van der Waals surface area contributed by atoms with E-state index in [4.69, 9.17) is 27.2 Å². The summed E-state index contributed by atoms with van der Waals surface area (Å²) in [6, 6.07) is 12.7. The van der Waals surface area contributed by atoms with Gasteiger partial charge in [0.25, 0.3) is 0 Å². The molecule has 0 bridgehead atoms. The number of hydrogen-bond donors (Lipinski definition) is 2. The van der Waals surface area contributed by atoms with Crippen LogP contribution < -0.4 is 15.4 Å². The Labute approximate surface area is 144 Å². The van der Waals surface area contributed by atoms with Gasteiger partial charge in [0.15, 0.2) is 0 Å². The molecule has 1 unspecified atom stereocenters. The van der Waals surface area contributed by atoms with Gasteiger partial charge in [-0.1, -0.05) is 23.7 Å². The van der Waals surface area contributed by atoms with E-state index in [-0.39, 0.29) is 6.61 Å². The van der Waals surface area contributed by atoms with Crippen LogP contribution >= 0.6 is 11.6 Å². The summed E-state index contributed by atoms with van der Waals surface area (Å²) >= 11 is 5.87. The topological polar surface area (TPSA) is 92.9 Å². The van der Waals surface area contributed by atoms with Crippen LogP contribution in [0.25, 0.3) is 0 Å². The van der Waals surface area contributed by atoms with Crippen molar-refractivity contribution in [2.75, 3.05) is 11.5 Å². The number of carboxylic acid groups (broad SMARTS) is 1. The average molecular weight is 349 g/mol. The largest absolute Gasteiger partial charge is 0.490 e. The molecule has 126 valence electrons. The highest BCUT2D eigenvalue weighted by Gasteiger charge is 2.20. The summed E-state index contributed by atoms with van der Waals surface area (Å²) in [6.07, 6.45) is 0. The number of nitrogens with two attached hydrogens (primary N) is 1. The molecule has 3 N–H and O–H groups in total. The van der Waals surface area contributed by atoms with Gasteiger partial charge in [0.05, 0.1) is 17.3 Å². The maximum absolute atomic E-state index is 11.9. The highest BCUT2D eigenvalue weighted by Crippen LogP contribution is 2.34. The minimum absolute atomic E-state index is 0.0282. The minimum Gasteiger partial charge on any atom is -0.490 e. The number of anilines is 2. The van der Waals surface area contributed by atoms with Crippen molar-refractivity contribution in [1.82, 2.24) is 0 Å². The second-order valence-electron chi connectivity index (χ2n) is 5.17. The fraction of sp³-hybridized carbons (Fsp3) is 0.176. The first-order chi connectivity index (χ1) is 11.4. The Morgan fingerprint density at radius 2 is 1.83 bits per heavy atom. The van der Waals surface area contributed by atoms with Crippen molar-refractivity contribution in [3.05, 3.63) is 53.6 Å². The Balaban J connectivity index is 2.35. The van der Waals surface area contributed by atoms with Crippen LogP contribution in [0.15, 0.2) is 48.5 Å². The molecule has 2 aromatic rings. The summed E-state index contributed by atoms with van der Waals surface area (Å²) in [4.78, 5) is 24.1. The van der Waals surface area contributed by atoms with E-state index in [1.807, 2.05) is 0 Å². The summed E-state index contributed by atoms with van der Waals surface area (Å²) in [6.45, 7) is 1.51. The van der Waals surface area contributed by atoms with E-state index in [0.29, 0.717) is 22.1 Å². The molecule has 24 heavy (non-hydrogen) atoms. The lowest BCUT2D eigenvalue weighted by Gasteiger charge is -2.23. The Hall–Kier alpha value is -2.73. The highest BCUT2D eigenvalue weighted by atomic mass is 35.5. The Bertz CT molecular complexity index is 734. The standard InChI is InChI=1S/C17H17ClN2O4/c1-11(16(21)22)10-24-15-5-3-2-4-14(15)20(17(19)23)13-8-6-12(18)7-9-13/h2-9,11H,10H2,1H3,(H2,19,23)(H,21,22). The van der Waals surface area contributed by atoms with Gasteiger partial charge in [-0.3, -0.25) is 9.69 Å². The SMILES string of the molecule is CC(COc1ccccc1N(C(N)=O)c1ccc(Cl)cc1)C(=O)O. The number of aliphatic carboxylic acids is 1. The molecular weight excluding hydrogens is 332 g/mol. The molecule has 2 amide bonds. The molecule has 0 aliphatic carbocycles. The summed E-state index contributed by atoms with van der Waals surface area (Å²) < 4.78 is 5.58. The van der Waals surface area contributed by atoms with Gasteiger partial charge in [-0.25, -0.2) is 4.79 Å². The number of halogens is 1. The van der Waals surface area contributed by atoms with Crippen LogP contribution in [-0.2, 0) is 4.79 Å².